The van der Waals surface area contributed by atoms with Crippen molar-refractivity contribution in [1.29, 1.82) is 0 Å². The van der Waals surface area contributed by atoms with E-state index in [0.717, 1.165) is 11.9 Å². The lowest BCUT2D eigenvalue weighted by atomic mass is 10.0. The second kappa shape index (κ2) is 4.62. The Morgan fingerprint density at radius 3 is 2.82 bits per heavy atom. The molecule has 0 amide bonds. The highest BCUT2D eigenvalue weighted by molar-refractivity contribution is 5.87. The fraction of sp³-hybridized carbons (Fsp3) is 0.357. The molecule has 1 aromatic carbocycles. The number of hydrogen-bond acceptors (Lipinski definition) is 1. The third kappa shape index (κ3) is 2.49. The number of carboxylic acids is 1. The summed E-state index contributed by atoms with van der Waals surface area (Å²) in [7, 11) is 0. The number of aromatic nitrogens is 1. The summed E-state index contributed by atoms with van der Waals surface area (Å²) in [5.41, 5.74) is 4.87. The Bertz CT molecular complexity index is 555. The van der Waals surface area contributed by atoms with E-state index in [1.165, 1.54) is 22.1 Å². The summed E-state index contributed by atoms with van der Waals surface area (Å²) in [4.78, 5) is 13.8. The minimum Gasteiger partial charge on any atom is -0.481 e. The second-order valence-corrected chi connectivity index (χ2v) is 4.57. The molecule has 2 rings (SSSR count). The number of fused-ring (bicyclic) bond motifs is 1. The number of carbonyl (C=O) groups is 1. The quantitative estimate of drug-likeness (QED) is 0.849. The van der Waals surface area contributed by atoms with Gasteiger partial charge in [-0.05, 0) is 49.4 Å². The van der Waals surface area contributed by atoms with E-state index in [1.54, 1.807) is 0 Å². The van der Waals surface area contributed by atoms with Crippen molar-refractivity contribution in [2.24, 2.45) is 0 Å². The summed E-state index contributed by atoms with van der Waals surface area (Å²) in [5, 5.41) is 9.89. The van der Waals surface area contributed by atoms with Crippen LogP contribution in [0.5, 0.6) is 0 Å². The Morgan fingerprint density at radius 1 is 1.35 bits per heavy atom. The van der Waals surface area contributed by atoms with E-state index in [9.17, 15) is 4.79 Å². The lowest BCUT2D eigenvalue weighted by Crippen LogP contribution is -1.95. The van der Waals surface area contributed by atoms with Gasteiger partial charge in [0.15, 0.2) is 0 Å². The maximum Gasteiger partial charge on any atom is 0.303 e. The minimum atomic E-state index is -0.725. The first-order valence-corrected chi connectivity index (χ1v) is 5.87. The number of aromatic amines is 1. The van der Waals surface area contributed by atoms with Gasteiger partial charge in [0.25, 0.3) is 0 Å². The van der Waals surface area contributed by atoms with Gasteiger partial charge in [-0.15, -0.1) is 0 Å². The number of hydrogen-bond donors (Lipinski definition) is 2. The highest BCUT2D eigenvalue weighted by Crippen LogP contribution is 2.25. The van der Waals surface area contributed by atoms with Crippen molar-refractivity contribution in [3.63, 3.8) is 0 Å². The van der Waals surface area contributed by atoms with Crippen molar-refractivity contribution >= 4 is 16.9 Å². The van der Waals surface area contributed by atoms with Gasteiger partial charge in [-0.2, -0.15) is 0 Å². The average molecular weight is 231 g/mol. The predicted molar refractivity (Wildman–Crippen MR) is 68.3 cm³/mol. The standard InChI is InChI=1S/C14H17NO2/c1-9-6-10(2)14-11(4-3-5-13(16)17)8-15-12(14)7-9/h6-8,15H,3-5H2,1-2H3,(H,16,17). The molecule has 0 fully saturated rings. The van der Waals surface area contributed by atoms with Crippen molar-refractivity contribution in [2.45, 2.75) is 33.1 Å². The Kier molecular flexibility index (Phi) is 3.18. The lowest BCUT2D eigenvalue weighted by molar-refractivity contribution is -0.137. The molecule has 1 aromatic heterocycles. The zero-order valence-electron chi connectivity index (χ0n) is 10.2. The highest BCUT2D eigenvalue weighted by atomic mass is 16.4. The molecule has 0 aliphatic carbocycles. The molecule has 0 saturated carbocycles. The second-order valence-electron chi connectivity index (χ2n) is 4.57. The molecule has 90 valence electrons. The van der Waals surface area contributed by atoms with E-state index in [1.807, 2.05) is 6.20 Å². The fourth-order valence-corrected chi connectivity index (χ4v) is 2.37. The van der Waals surface area contributed by atoms with Crippen LogP contribution in [0.4, 0.5) is 0 Å². The molecule has 2 N–H and O–H groups in total. The summed E-state index contributed by atoms with van der Waals surface area (Å²) in [5.74, 6) is -0.725. The normalized spacial score (nSPS) is 10.9. The minimum absolute atomic E-state index is 0.234. The monoisotopic (exact) mass is 231 g/mol. The fourth-order valence-electron chi connectivity index (χ4n) is 2.37. The number of benzene rings is 1. The number of H-pyrrole nitrogens is 1. The van der Waals surface area contributed by atoms with E-state index < -0.39 is 5.97 Å². The summed E-state index contributed by atoms with van der Waals surface area (Å²) in [6.07, 6.45) is 3.74. The molecule has 0 bridgehead atoms. The van der Waals surface area contributed by atoms with Gasteiger partial charge in [0.1, 0.15) is 0 Å². The molecule has 0 spiro atoms. The Hall–Kier alpha value is -1.77. The third-order valence-corrected chi connectivity index (χ3v) is 3.04. The maximum absolute atomic E-state index is 10.5. The smallest absolute Gasteiger partial charge is 0.303 e. The molecular weight excluding hydrogens is 214 g/mol. The highest BCUT2D eigenvalue weighted by Gasteiger charge is 2.07. The van der Waals surface area contributed by atoms with Crippen LogP contribution in [0.3, 0.4) is 0 Å². The van der Waals surface area contributed by atoms with Crippen LogP contribution in [0.25, 0.3) is 10.9 Å². The van der Waals surface area contributed by atoms with Gasteiger partial charge in [-0.3, -0.25) is 4.79 Å². The van der Waals surface area contributed by atoms with Crippen LogP contribution in [0.1, 0.15) is 29.5 Å². The van der Waals surface area contributed by atoms with Crippen LogP contribution in [0.2, 0.25) is 0 Å². The maximum atomic E-state index is 10.5. The summed E-state index contributed by atoms with van der Waals surface area (Å²) < 4.78 is 0. The molecule has 1 heterocycles. The van der Waals surface area contributed by atoms with Gasteiger partial charge in [0.05, 0.1) is 0 Å². The van der Waals surface area contributed by atoms with Crippen molar-refractivity contribution in [3.8, 4) is 0 Å². The average Bonchev–Trinajstić information content (AvgIpc) is 2.60. The summed E-state index contributed by atoms with van der Waals surface area (Å²) >= 11 is 0. The van der Waals surface area contributed by atoms with Gasteiger partial charge < -0.3 is 10.1 Å². The first-order valence-electron chi connectivity index (χ1n) is 5.87. The van der Waals surface area contributed by atoms with Crippen molar-refractivity contribution in [2.75, 3.05) is 0 Å². The topological polar surface area (TPSA) is 53.1 Å². The molecule has 0 aliphatic rings. The first kappa shape index (κ1) is 11.7. The molecular formula is C14H17NO2. The number of aliphatic carboxylic acids is 1. The first-order chi connectivity index (χ1) is 8.08. The third-order valence-electron chi connectivity index (χ3n) is 3.04. The van der Waals surface area contributed by atoms with Gasteiger partial charge >= 0.3 is 5.97 Å². The van der Waals surface area contributed by atoms with E-state index >= 15 is 0 Å². The van der Waals surface area contributed by atoms with Gasteiger partial charge in [-0.1, -0.05) is 6.07 Å². The van der Waals surface area contributed by atoms with Crippen LogP contribution in [-0.2, 0) is 11.2 Å². The molecule has 0 unspecified atom stereocenters. The number of nitrogens with one attached hydrogen (secondary N) is 1. The molecule has 3 heteroatoms. The Morgan fingerprint density at radius 2 is 2.12 bits per heavy atom. The van der Waals surface area contributed by atoms with Crippen LogP contribution in [0, 0.1) is 13.8 Å². The van der Waals surface area contributed by atoms with Gasteiger partial charge in [0, 0.05) is 23.5 Å². The summed E-state index contributed by atoms with van der Waals surface area (Å²) in [6, 6.07) is 4.29. The molecule has 0 aliphatic heterocycles. The Labute approximate surface area is 100 Å². The summed E-state index contributed by atoms with van der Waals surface area (Å²) in [6.45, 7) is 4.18. The van der Waals surface area contributed by atoms with Crippen molar-refractivity contribution in [3.05, 3.63) is 35.0 Å². The molecule has 17 heavy (non-hydrogen) atoms. The number of aryl methyl sites for hydroxylation is 3. The zero-order chi connectivity index (χ0) is 12.4. The molecule has 0 radical (unpaired) electrons. The molecule has 2 aromatic rings. The number of carboxylic acid groups (broad SMARTS) is 1. The molecule has 0 saturated heterocycles. The number of rotatable bonds is 4. The van der Waals surface area contributed by atoms with Crippen LogP contribution in [-0.4, -0.2) is 16.1 Å². The SMILES string of the molecule is Cc1cc(C)c2c(CCCC(=O)O)c[nH]c2c1. The Balaban J connectivity index is 2.26. The van der Waals surface area contributed by atoms with E-state index in [-0.39, 0.29) is 6.42 Å². The van der Waals surface area contributed by atoms with E-state index in [2.05, 4.69) is 31.0 Å². The van der Waals surface area contributed by atoms with Crippen LogP contribution >= 0.6 is 0 Å². The molecule has 0 atom stereocenters. The van der Waals surface area contributed by atoms with Gasteiger partial charge in [0.2, 0.25) is 0 Å². The van der Waals surface area contributed by atoms with Crippen molar-refractivity contribution < 1.29 is 9.90 Å². The van der Waals surface area contributed by atoms with Crippen molar-refractivity contribution in [1.82, 2.24) is 4.98 Å². The lowest BCUT2D eigenvalue weighted by Gasteiger charge is -2.03. The molecule has 3 nitrogen and oxygen atoms in total. The van der Waals surface area contributed by atoms with Crippen LogP contribution < -0.4 is 0 Å². The predicted octanol–water partition coefficient (Wildman–Crippen LogP) is 3.19. The van der Waals surface area contributed by atoms with Crippen LogP contribution in [0.15, 0.2) is 18.3 Å². The van der Waals surface area contributed by atoms with E-state index in [4.69, 9.17) is 5.11 Å². The van der Waals surface area contributed by atoms with Gasteiger partial charge in [-0.25, -0.2) is 0 Å². The van der Waals surface area contributed by atoms with E-state index in [0.29, 0.717) is 6.42 Å². The zero-order valence-corrected chi connectivity index (χ0v) is 10.2. The largest absolute Gasteiger partial charge is 0.481 e.